The van der Waals surface area contributed by atoms with E-state index in [1.165, 1.54) is 12.8 Å². The summed E-state index contributed by atoms with van der Waals surface area (Å²) in [7, 11) is 1.72. The summed E-state index contributed by atoms with van der Waals surface area (Å²) in [5.74, 6) is 1.38. The summed E-state index contributed by atoms with van der Waals surface area (Å²) in [6.07, 6.45) is 6.72. The highest BCUT2D eigenvalue weighted by Crippen LogP contribution is 2.22. The van der Waals surface area contributed by atoms with Gasteiger partial charge >= 0.3 is 6.03 Å². The molecule has 7 heteroatoms. The Morgan fingerprint density at radius 1 is 1.40 bits per heavy atom. The Morgan fingerprint density at radius 2 is 2.20 bits per heavy atom. The zero-order valence-electron chi connectivity index (χ0n) is 14.7. The number of carbonyl (C=O) groups excluding carboxylic acids is 1. The van der Waals surface area contributed by atoms with Crippen molar-refractivity contribution in [2.45, 2.75) is 51.8 Å². The lowest BCUT2D eigenvalue weighted by molar-refractivity contribution is 0.201. The zero-order chi connectivity index (χ0) is 17.6. The first-order valence-electron chi connectivity index (χ1n) is 8.63. The van der Waals surface area contributed by atoms with Crippen LogP contribution in [-0.4, -0.2) is 34.2 Å². The molecule has 2 amide bonds. The number of ether oxygens (including phenoxy) is 1. The van der Waals surface area contributed by atoms with Crippen LogP contribution in [0, 0.1) is 6.92 Å². The average molecular weight is 344 g/mol. The molecule has 2 aromatic rings. The molecule has 2 heterocycles. The molecular weight excluding hydrogens is 320 g/mol. The molecule has 1 N–H and O–H groups in total. The van der Waals surface area contributed by atoms with E-state index in [1.807, 2.05) is 25.1 Å². The molecule has 134 valence electrons. The lowest BCUT2D eigenvalue weighted by Crippen LogP contribution is -2.36. The third-order valence-electron chi connectivity index (χ3n) is 4.25. The minimum absolute atomic E-state index is 0.174. The quantitative estimate of drug-likeness (QED) is 0.871. The van der Waals surface area contributed by atoms with E-state index in [0.717, 1.165) is 29.9 Å². The van der Waals surface area contributed by atoms with Crippen LogP contribution < -0.4 is 10.1 Å². The molecule has 1 aliphatic rings. The van der Waals surface area contributed by atoms with Crippen molar-refractivity contribution in [3.8, 4) is 5.88 Å². The van der Waals surface area contributed by atoms with Crippen molar-refractivity contribution in [3.05, 3.63) is 41.4 Å². The molecule has 0 aliphatic heterocycles. The third kappa shape index (κ3) is 4.95. The highest BCUT2D eigenvalue weighted by molar-refractivity contribution is 5.73. The van der Waals surface area contributed by atoms with E-state index in [9.17, 15) is 4.79 Å². The molecule has 0 saturated heterocycles. The summed E-state index contributed by atoms with van der Waals surface area (Å²) in [6, 6.07) is 5.43. The molecule has 1 aliphatic carbocycles. The van der Waals surface area contributed by atoms with Crippen LogP contribution in [0.3, 0.4) is 0 Å². The molecule has 0 unspecified atom stereocenters. The molecule has 1 fully saturated rings. The third-order valence-corrected chi connectivity index (χ3v) is 4.25. The predicted octanol–water partition coefficient (Wildman–Crippen LogP) is 3.04. The Hall–Kier alpha value is -2.57. The molecule has 2 aromatic heterocycles. The number of hydrogen-bond donors (Lipinski definition) is 1. The van der Waals surface area contributed by atoms with Gasteiger partial charge < -0.3 is 19.5 Å². The van der Waals surface area contributed by atoms with Gasteiger partial charge in [0.05, 0.1) is 6.54 Å². The van der Waals surface area contributed by atoms with E-state index in [0.29, 0.717) is 25.1 Å². The number of aryl methyl sites for hydroxylation is 1. The second kappa shape index (κ2) is 8.00. The van der Waals surface area contributed by atoms with Gasteiger partial charge in [-0.1, -0.05) is 11.2 Å². The number of nitrogens with zero attached hydrogens (tertiary/aromatic N) is 3. The van der Waals surface area contributed by atoms with Crippen molar-refractivity contribution >= 4 is 6.03 Å². The summed E-state index contributed by atoms with van der Waals surface area (Å²) in [5.41, 5.74) is 1.66. The number of nitrogens with one attached hydrogen (secondary N) is 1. The van der Waals surface area contributed by atoms with Gasteiger partial charge in [0.1, 0.15) is 17.6 Å². The van der Waals surface area contributed by atoms with E-state index < -0.39 is 0 Å². The molecule has 3 rings (SSSR count). The molecule has 0 aromatic carbocycles. The molecule has 0 radical (unpaired) electrons. The summed E-state index contributed by atoms with van der Waals surface area (Å²) in [6.45, 7) is 2.64. The number of pyridine rings is 1. The Kier molecular flexibility index (Phi) is 5.53. The minimum Gasteiger partial charge on any atom is -0.474 e. The lowest BCUT2D eigenvalue weighted by Gasteiger charge is -2.16. The van der Waals surface area contributed by atoms with Gasteiger partial charge in [-0.15, -0.1) is 0 Å². The Balaban J connectivity index is 1.44. The van der Waals surface area contributed by atoms with Crippen molar-refractivity contribution in [2.24, 2.45) is 0 Å². The topological polar surface area (TPSA) is 80.5 Å². The average Bonchev–Trinajstić information content (AvgIpc) is 3.25. The fraction of sp³-hybridized carbons (Fsp3) is 0.500. The van der Waals surface area contributed by atoms with Crippen molar-refractivity contribution < 1.29 is 14.1 Å². The Morgan fingerprint density at radius 3 is 2.84 bits per heavy atom. The maximum atomic E-state index is 12.1. The monoisotopic (exact) mass is 344 g/mol. The lowest BCUT2D eigenvalue weighted by atomic mass is 10.3. The minimum atomic E-state index is -0.174. The molecule has 1 saturated carbocycles. The van der Waals surface area contributed by atoms with Crippen LogP contribution in [0.5, 0.6) is 5.88 Å². The number of aromatic nitrogens is 2. The van der Waals surface area contributed by atoms with Crippen LogP contribution in [-0.2, 0) is 13.1 Å². The van der Waals surface area contributed by atoms with E-state index in [1.54, 1.807) is 18.1 Å². The first-order chi connectivity index (χ1) is 12.1. The van der Waals surface area contributed by atoms with Gasteiger partial charge in [0.25, 0.3) is 0 Å². The van der Waals surface area contributed by atoms with Crippen LogP contribution in [0.25, 0.3) is 0 Å². The number of hydrogen-bond acceptors (Lipinski definition) is 5. The van der Waals surface area contributed by atoms with Gasteiger partial charge in [-0.05, 0) is 38.2 Å². The van der Waals surface area contributed by atoms with Crippen molar-refractivity contribution in [1.82, 2.24) is 20.4 Å². The summed E-state index contributed by atoms with van der Waals surface area (Å²) in [4.78, 5) is 18.0. The Bertz CT molecular complexity index is 693. The zero-order valence-corrected chi connectivity index (χ0v) is 14.7. The van der Waals surface area contributed by atoms with E-state index in [-0.39, 0.29) is 6.03 Å². The van der Waals surface area contributed by atoms with Gasteiger partial charge in [0.15, 0.2) is 0 Å². The van der Waals surface area contributed by atoms with Gasteiger partial charge in [0, 0.05) is 31.9 Å². The molecule has 25 heavy (non-hydrogen) atoms. The van der Waals surface area contributed by atoms with Gasteiger partial charge in [-0.3, -0.25) is 0 Å². The second-order valence-electron chi connectivity index (χ2n) is 6.47. The van der Waals surface area contributed by atoms with Crippen LogP contribution in [0.2, 0.25) is 0 Å². The smallest absolute Gasteiger partial charge is 0.317 e. The van der Waals surface area contributed by atoms with Crippen LogP contribution in [0.1, 0.15) is 42.7 Å². The van der Waals surface area contributed by atoms with E-state index >= 15 is 0 Å². The summed E-state index contributed by atoms with van der Waals surface area (Å²) in [5, 5.41) is 6.75. The maximum absolute atomic E-state index is 12.1. The molecular formula is C18H24N4O3. The first kappa shape index (κ1) is 17.3. The fourth-order valence-electron chi connectivity index (χ4n) is 2.88. The SMILES string of the molecule is Cc1cc(CN(C)C(=O)NCc2ccc(OC3CCCC3)nc2)no1. The maximum Gasteiger partial charge on any atom is 0.317 e. The highest BCUT2D eigenvalue weighted by atomic mass is 16.5. The van der Waals surface area contributed by atoms with Crippen LogP contribution in [0.15, 0.2) is 28.9 Å². The van der Waals surface area contributed by atoms with Crippen LogP contribution >= 0.6 is 0 Å². The number of carbonyl (C=O) groups is 1. The van der Waals surface area contributed by atoms with Crippen LogP contribution in [0.4, 0.5) is 4.79 Å². The van der Waals surface area contributed by atoms with Gasteiger partial charge in [-0.2, -0.15) is 0 Å². The molecule has 0 bridgehead atoms. The number of amides is 2. The predicted molar refractivity (Wildman–Crippen MR) is 92.1 cm³/mol. The number of rotatable bonds is 6. The first-order valence-corrected chi connectivity index (χ1v) is 8.63. The molecule has 0 spiro atoms. The van der Waals surface area contributed by atoms with E-state index in [4.69, 9.17) is 9.26 Å². The largest absolute Gasteiger partial charge is 0.474 e. The van der Waals surface area contributed by atoms with Crippen molar-refractivity contribution in [3.63, 3.8) is 0 Å². The standard InChI is InChI=1S/C18H24N4O3/c1-13-9-15(21-25-13)12-22(2)18(23)20-11-14-7-8-17(19-10-14)24-16-5-3-4-6-16/h7-10,16H,3-6,11-12H2,1-2H3,(H,20,23). The molecule has 0 atom stereocenters. The normalized spacial score (nSPS) is 14.5. The summed E-state index contributed by atoms with van der Waals surface area (Å²) >= 11 is 0. The van der Waals surface area contributed by atoms with Crippen molar-refractivity contribution in [2.75, 3.05) is 7.05 Å². The summed E-state index contributed by atoms with van der Waals surface area (Å²) < 4.78 is 10.8. The second-order valence-corrected chi connectivity index (χ2v) is 6.47. The van der Waals surface area contributed by atoms with Crippen molar-refractivity contribution in [1.29, 1.82) is 0 Å². The fourth-order valence-corrected chi connectivity index (χ4v) is 2.88. The van der Waals surface area contributed by atoms with E-state index in [2.05, 4.69) is 15.5 Å². The Labute approximate surface area is 147 Å². The molecule has 7 nitrogen and oxygen atoms in total. The van der Waals surface area contributed by atoms with Gasteiger partial charge in [-0.25, -0.2) is 9.78 Å². The highest BCUT2D eigenvalue weighted by Gasteiger charge is 2.17. The number of urea groups is 1. The van der Waals surface area contributed by atoms with Gasteiger partial charge in [0.2, 0.25) is 5.88 Å².